The second-order valence-electron chi connectivity index (χ2n) is 8.02. The van der Waals surface area contributed by atoms with Crippen molar-refractivity contribution in [3.8, 4) is 11.1 Å². The van der Waals surface area contributed by atoms with Gasteiger partial charge >= 0.3 is 12.1 Å². The highest BCUT2D eigenvalue weighted by atomic mass is 16.6. The molecule has 0 fully saturated rings. The van der Waals surface area contributed by atoms with E-state index in [1.54, 1.807) is 20.8 Å². The highest BCUT2D eigenvalue weighted by Gasteiger charge is 2.38. The van der Waals surface area contributed by atoms with Crippen molar-refractivity contribution in [2.75, 3.05) is 13.7 Å². The molecule has 0 aliphatic heterocycles. The number of hydrogen-bond acceptors (Lipinski definition) is 3. The van der Waals surface area contributed by atoms with Gasteiger partial charge in [-0.25, -0.2) is 9.59 Å². The number of ether oxygens (including phenoxy) is 1. The van der Waals surface area contributed by atoms with Crippen molar-refractivity contribution in [1.29, 1.82) is 0 Å². The third kappa shape index (κ3) is 3.54. The fraction of sp³-hybridized carbons (Fsp3) is 0.364. The van der Waals surface area contributed by atoms with Gasteiger partial charge < -0.3 is 9.84 Å². The lowest BCUT2D eigenvalue weighted by Crippen LogP contribution is -2.50. The molecule has 0 radical (unpaired) electrons. The zero-order valence-corrected chi connectivity index (χ0v) is 16.1. The average Bonchev–Trinajstić information content (AvgIpc) is 2.92. The van der Waals surface area contributed by atoms with Crippen LogP contribution in [0.3, 0.4) is 0 Å². The molecule has 0 aromatic heterocycles. The number of rotatable bonds is 4. The number of carboxylic acid groups (broad SMARTS) is 1. The van der Waals surface area contributed by atoms with E-state index in [2.05, 4.69) is 12.1 Å². The summed E-state index contributed by atoms with van der Waals surface area (Å²) < 4.78 is 5.55. The molecule has 142 valence electrons. The third-order valence-electron chi connectivity index (χ3n) is 5.07. The molecule has 5 heteroatoms. The number of nitrogens with zero attached hydrogens (tertiary/aromatic N) is 1. The molecule has 1 aliphatic carbocycles. The fourth-order valence-electron chi connectivity index (χ4n) is 3.92. The summed E-state index contributed by atoms with van der Waals surface area (Å²) in [5, 5.41) is 9.52. The van der Waals surface area contributed by atoms with Gasteiger partial charge in [-0.05, 0) is 27.7 Å². The molecule has 5 nitrogen and oxygen atoms in total. The Morgan fingerprint density at radius 3 is 1.96 bits per heavy atom. The van der Waals surface area contributed by atoms with E-state index >= 15 is 0 Å². The van der Waals surface area contributed by atoms with E-state index in [9.17, 15) is 14.7 Å². The molecule has 1 N–H and O–H groups in total. The Balaban J connectivity index is 1.79. The number of carbonyl (C=O) groups is 2. The Hall–Kier alpha value is -2.82. The maximum absolute atomic E-state index is 12.6. The van der Waals surface area contributed by atoms with E-state index in [0.717, 1.165) is 22.3 Å². The van der Waals surface area contributed by atoms with Crippen LogP contribution in [0.25, 0.3) is 11.1 Å². The molecule has 0 spiro atoms. The Morgan fingerprint density at radius 1 is 1.04 bits per heavy atom. The minimum absolute atomic E-state index is 0.0485. The lowest BCUT2D eigenvalue weighted by molar-refractivity contribution is -0.146. The minimum atomic E-state index is -1.04. The zero-order valence-electron chi connectivity index (χ0n) is 16.1. The normalized spacial score (nSPS) is 14.2. The SMILES string of the molecule is CN(C(=O)OCC1c2ccccc2-c2ccccc21)[C@H](C(=O)O)C(C)(C)C. The number of aliphatic carboxylic acids is 1. The first kappa shape index (κ1) is 19.0. The van der Waals surface area contributed by atoms with Crippen molar-refractivity contribution in [2.45, 2.75) is 32.7 Å². The summed E-state index contributed by atoms with van der Waals surface area (Å²) in [6, 6.07) is 15.2. The van der Waals surface area contributed by atoms with Gasteiger partial charge in [0.05, 0.1) is 0 Å². The zero-order chi connectivity index (χ0) is 19.8. The van der Waals surface area contributed by atoms with Gasteiger partial charge in [0.1, 0.15) is 12.6 Å². The Kier molecular flexibility index (Phi) is 4.96. The number of fused-ring (bicyclic) bond motifs is 3. The van der Waals surface area contributed by atoms with Crippen LogP contribution in [0.15, 0.2) is 48.5 Å². The van der Waals surface area contributed by atoms with Gasteiger partial charge in [0, 0.05) is 13.0 Å². The number of likely N-dealkylation sites (N-methyl/N-ethyl adjacent to an activating group) is 1. The number of carbonyl (C=O) groups excluding carboxylic acids is 1. The molecule has 1 atom stereocenters. The van der Waals surface area contributed by atoms with Gasteiger partial charge in [0.2, 0.25) is 0 Å². The molecule has 0 unspecified atom stereocenters. The second kappa shape index (κ2) is 7.06. The number of hydrogen-bond donors (Lipinski definition) is 1. The van der Waals surface area contributed by atoms with Gasteiger partial charge in [0.25, 0.3) is 0 Å². The quantitative estimate of drug-likeness (QED) is 0.871. The smallest absolute Gasteiger partial charge is 0.410 e. The summed E-state index contributed by atoms with van der Waals surface area (Å²) in [7, 11) is 1.48. The number of amides is 1. The van der Waals surface area contributed by atoms with Crippen molar-refractivity contribution in [1.82, 2.24) is 4.90 Å². The molecule has 0 bridgehead atoms. The largest absolute Gasteiger partial charge is 0.480 e. The molecule has 0 saturated carbocycles. The summed E-state index contributed by atoms with van der Waals surface area (Å²) >= 11 is 0. The first-order valence-electron chi connectivity index (χ1n) is 9.02. The topological polar surface area (TPSA) is 66.8 Å². The standard InChI is InChI=1S/C22H25NO4/c1-22(2,3)19(20(24)25)23(4)21(26)27-13-18-16-11-7-5-9-14(16)15-10-6-8-12-17(15)18/h5-12,18-19H,13H2,1-4H3,(H,24,25)/t19-/m1/s1. The molecule has 0 saturated heterocycles. The second-order valence-corrected chi connectivity index (χ2v) is 8.02. The van der Waals surface area contributed by atoms with E-state index in [-0.39, 0.29) is 12.5 Å². The molecule has 2 aromatic carbocycles. The monoisotopic (exact) mass is 367 g/mol. The summed E-state index contributed by atoms with van der Waals surface area (Å²) in [5.41, 5.74) is 3.95. The van der Waals surface area contributed by atoms with Crippen LogP contribution in [0.1, 0.15) is 37.8 Å². The van der Waals surface area contributed by atoms with E-state index in [1.807, 2.05) is 36.4 Å². The van der Waals surface area contributed by atoms with E-state index < -0.39 is 23.5 Å². The van der Waals surface area contributed by atoms with Crippen molar-refractivity contribution < 1.29 is 19.4 Å². The van der Waals surface area contributed by atoms with Crippen LogP contribution in [0, 0.1) is 5.41 Å². The average molecular weight is 367 g/mol. The van der Waals surface area contributed by atoms with Gasteiger partial charge in [-0.1, -0.05) is 69.3 Å². The van der Waals surface area contributed by atoms with Gasteiger partial charge in [-0.2, -0.15) is 0 Å². The molecule has 1 amide bonds. The Labute approximate surface area is 159 Å². The lowest BCUT2D eigenvalue weighted by atomic mass is 9.86. The maximum Gasteiger partial charge on any atom is 0.410 e. The van der Waals surface area contributed by atoms with Crippen LogP contribution in [0.4, 0.5) is 4.79 Å². The predicted octanol–water partition coefficient (Wildman–Crippen LogP) is 4.37. The molecule has 27 heavy (non-hydrogen) atoms. The fourth-order valence-corrected chi connectivity index (χ4v) is 3.92. The number of carboxylic acids is 1. The molecule has 1 aliphatic rings. The lowest BCUT2D eigenvalue weighted by Gasteiger charge is -2.34. The Morgan fingerprint density at radius 2 is 1.52 bits per heavy atom. The molecular formula is C22H25NO4. The third-order valence-corrected chi connectivity index (χ3v) is 5.07. The molecule has 3 rings (SSSR count). The van der Waals surface area contributed by atoms with Crippen molar-refractivity contribution in [2.24, 2.45) is 5.41 Å². The number of benzene rings is 2. The summed E-state index contributed by atoms with van der Waals surface area (Å²) in [6.45, 7) is 5.55. The first-order valence-corrected chi connectivity index (χ1v) is 9.02. The van der Waals surface area contributed by atoms with Crippen LogP contribution in [0.5, 0.6) is 0 Å². The summed E-state index contributed by atoms with van der Waals surface area (Å²) in [6.07, 6.45) is -0.626. The Bertz CT molecular complexity index is 823. The van der Waals surface area contributed by atoms with Crippen molar-refractivity contribution in [3.05, 3.63) is 59.7 Å². The van der Waals surface area contributed by atoms with Crippen LogP contribution in [-0.4, -0.2) is 41.8 Å². The highest BCUT2D eigenvalue weighted by molar-refractivity contribution is 5.81. The van der Waals surface area contributed by atoms with E-state index in [1.165, 1.54) is 11.9 Å². The summed E-state index contributed by atoms with van der Waals surface area (Å²) in [5.74, 6) is -1.09. The van der Waals surface area contributed by atoms with Gasteiger partial charge in [0.15, 0.2) is 0 Å². The first-order chi connectivity index (χ1) is 12.7. The van der Waals surface area contributed by atoms with E-state index in [0.29, 0.717) is 0 Å². The van der Waals surface area contributed by atoms with Crippen LogP contribution in [0.2, 0.25) is 0 Å². The highest BCUT2D eigenvalue weighted by Crippen LogP contribution is 2.44. The van der Waals surface area contributed by atoms with Gasteiger partial charge in [-0.3, -0.25) is 4.90 Å². The minimum Gasteiger partial charge on any atom is -0.480 e. The van der Waals surface area contributed by atoms with Crippen LogP contribution in [-0.2, 0) is 9.53 Å². The van der Waals surface area contributed by atoms with E-state index in [4.69, 9.17) is 4.74 Å². The predicted molar refractivity (Wildman–Crippen MR) is 104 cm³/mol. The van der Waals surface area contributed by atoms with Crippen molar-refractivity contribution in [3.63, 3.8) is 0 Å². The maximum atomic E-state index is 12.6. The molecular weight excluding hydrogens is 342 g/mol. The van der Waals surface area contributed by atoms with Crippen LogP contribution >= 0.6 is 0 Å². The van der Waals surface area contributed by atoms with Gasteiger partial charge in [-0.15, -0.1) is 0 Å². The molecule has 0 heterocycles. The molecule has 2 aromatic rings. The summed E-state index contributed by atoms with van der Waals surface area (Å²) in [4.78, 5) is 25.4. The van der Waals surface area contributed by atoms with Crippen LogP contribution < -0.4 is 0 Å². The van der Waals surface area contributed by atoms with Crippen molar-refractivity contribution >= 4 is 12.1 Å².